The van der Waals surface area contributed by atoms with Crippen molar-refractivity contribution in [2.24, 2.45) is 0 Å². The molecule has 0 radical (unpaired) electrons. The molecule has 0 bridgehead atoms. The Kier molecular flexibility index (Phi) is 1.81. The summed E-state index contributed by atoms with van der Waals surface area (Å²) in [5.41, 5.74) is 0.603. The molecule has 68 valence electrons. The highest BCUT2D eigenvalue weighted by Gasteiger charge is 2.20. The molecule has 13 heavy (non-hydrogen) atoms. The maximum Gasteiger partial charge on any atom is 0.262 e. The van der Waals surface area contributed by atoms with Crippen LogP contribution in [0.4, 0.5) is 5.69 Å². The van der Waals surface area contributed by atoms with Crippen LogP contribution in [0.5, 0.6) is 5.06 Å². The van der Waals surface area contributed by atoms with Crippen molar-refractivity contribution in [2.75, 3.05) is 11.9 Å². The third kappa shape index (κ3) is 1.42. The van der Waals surface area contributed by atoms with E-state index in [0.717, 1.165) is 0 Å². The zero-order valence-corrected chi connectivity index (χ0v) is 7.73. The largest absolute Gasteiger partial charge is 0.472 e. The van der Waals surface area contributed by atoms with E-state index in [0.29, 0.717) is 15.6 Å². The molecule has 0 fully saturated rings. The summed E-state index contributed by atoms with van der Waals surface area (Å²) in [5.74, 6) is -0.197. The van der Waals surface area contributed by atoms with E-state index >= 15 is 0 Å². The molecule has 0 saturated heterocycles. The minimum absolute atomic E-state index is 0.0164. The zero-order valence-electron chi connectivity index (χ0n) is 6.92. The first-order chi connectivity index (χ1) is 6.16. The smallest absolute Gasteiger partial charge is 0.262 e. The van der Waals surface area contributed by atoms with Gasteiger partial charge in [0.25, 0.3) is 5.91 Å². The van der Waals surface area contributed by atoms with Crippen LogP contribution in [0, 0.1) is 0 Å². The Morgan fingerprint density at radius 2 is 2.46 bits per heavy atom. The Labute approximate surface area is 78.5 Å². The Bertz CT molecular complexity index is 383. The van der Waals surface area contributed by atoms with Gasteiger partial charge >= 0.3 is 0 Å². The molecule has 1 aliphatic rings. The van der Waals surface area contributed by atoms with Crippen molar-refractivity contribution in [3.8, 4) is 5.06 Å². The Morgan fingerprint density at radius 1 is 1.69 bits per heavy atom. The topological polar surface area (TPSA) is 55.4 Å². The number of thiophene rings is 1. The molecular weight excluding hydrogens is 190 g/mol. The van der Waals surface area contributed by atoms with Gasteiger partial charge in [0.05, 0.1) is 10.6 Å². The van der Waals surface area contributed by atoms with Gasteiger partial charge in [-0.1, -0.05) is 11.3 Å². The number of Topliss-reactive ketones (excluding diaryl/α,β-unsaturated/α-hetero) is 1. The highest BCUT2D eigenvalue weighted by atomic mass is 32.1. The number of amides is 1. The molecule has 0 aliphatic carbocycles. The lowest BCUT2D eigenvalue weighted by atomic mass is 10.3. The molecule has 0 spiro atoms. The van der Waals surface area contributed by atoms with Crippen molar-refractivity contribution in [2.45, 2.75) is 6.92 Å². The number of fused-ring (bicyclic) bond motifs is 1. The second kappa shape index (κ2) is 2.85. The molecule has 0 saturated carbocycles. The van der Waals surface area contributed by atoms with Gasteiger partial charge in [-0.15, -0.1) is 0 Å². The fraction of sp³-hybridized carbons (Fsp3) is 0.250. The second-order valence-electron chi connectivity index (χ2n) is 2.70. The van der Waals surface area contributed by atoms with Gasteiger partial charge in [0, 0.05) is 0 Å². The van der Waals surface area contributed by atoms with Crippen LogP contribution in [0.3, 0.4) is 0 Å². The SMILES string of the molecule is CC(=O)c1cc2c(s1)OCC(=O)N2. The lowest BCUT2D eigenvalue weighted by molar-refractivity contribution is -0.118. The number of carbonyl (C=O) groups is 2. The molecule has 2 heterocycles. The maximum atomic E-state index is 11.0. The van der Waals surface area contributed by atoms with Crippen LogP contribution in [-0.2, 0) is 4.79 Å². The average molecular weight is 197 g/mol. The van der Waals surface area contributed by atoms with Crippen LogP contribution in [0.15, 0.2) is 6.07 Å². The fourth-order valence-corrected chi connectivity index (χ4v) is 1.92. The van der Waals surface area contributed by atoms with Crippen molar-refractivity contribution >= 4 is 28.7 Å². The molecule has 0 unspecified atom stereocenters. The summed E-state index contributed by atoms with van der Waals surface area (Å²) in [4.78, 5) is 22.5. The summed E-state index contributed by atoms with van der Waals surface area (Å²) in [6.07, 6.45) is 0. The normalized spacial score (nSPS) is 14.4. The fourth-order valence-electron chi connectivity index (χ4n) is 1.06. The van der Waals surface area contributed by atoms with E-state index in [4.69, 9.17) is 4.74 Å². The molecule has 4 nitrogen and oxygen atoms in total. The highest BCUT2D eigenvalue weighted by Crippen LogP contribution is 2.37. The predicted molar refractivity (Wildman–Crippen MR) is 48.4 cm³/mol. The van der Waals surface area contributed by atoms with Crippen LogP contribution in [0.2, 0.25) is 0 Å². The number of carbonyl (C=O) groups excluding carboxylic acids is 2. The van der Waals surface area contributed by atoms with E-state index in [1.165, 1.54) is 18.3 Å². The van der Waals surface area contributed by atoms with Gasteiger partial charge in [0.15, 0.2) is 17.5 Å². The van der Waals surface area contributed by atoms with Crippen LogP contribution < -0.4 is 10.1 Å². The van der Waals surface area contributed by atoms with Gasteiger partial charge in [-0.3, -0.25) is 9.59 Å². The van der Waals surface area contributed by atoms with Gasteiger partial charge in [-0.05, 0) is 13.0 Å². The van der Waals surface area contributed by atoms with Gasteiger partial charge in [-0.2, -0.15) is 0 Å². The Balaban J connectivity index is 2.39. The molecule has 2 rings (SSSR count). The van der Waals surface area contributed by atoms with E-state index in [1.54, 1.807) is 6.07 Å². The van der Waals surface area contributed by atoms with Gasteiger partial charge in [0.1, 0.15) is 0 Å². The van der Waals surface area contributed by atoms with Gasteiger partial charge in [0.2, 0.25) is 0 Å². The monoisotopic (exact) mass is 197 g/mol. The first kappa shape index (κ1) is 8.25. The van der Waals surface area contributed by atoms with Crippen molar-refractivity contribution < 1.29 is 14.3 Å². The summed E-state index contributed by atoms with van der Waals surface area (Å²) in [5, 5.41) is 3.24. The van der Waals surface area contributed by atoms with E-state index in [-0.39, 0.29) is 18.3 Å². The number of ketones is 1. The minimum atomic E-state index is -0.180. The average Bonchev–Trinajstić information content (AvgIpc) is 2.46. The third-order valence-electron chi connectivity index (χ3n) is 1.65. The lowest BCUT2D eigenvalue weighted by Crippen LogP contribution is -2.24. The summed E-state index contributed by atoms with van der Waals surface area (Å²) in [6, 6.07) is 1.64. The van der Waals surface area contributed by atoms with Gasteiger partial charge in [-0.25, -0.2) is 0 Å². The van der Waals surface area contributed by atoms with Crippen molar-refractivity contribution in [3.63, 3.8) is 0 Å². The first-order valence-corrected chi connectivity index (χ1v) is 4.56. The van der Waals surface area contributed by atoms with Crippen LogP contribution in [0.25, 0.3) is 0 Å². The summed E-state index contributed by atoms with van der Waals surface area (Å²) < 4.78 is 5.12. The zero-order chi connectivity index (χ0) is 9.42. The minimum Gasteiger partial charge on any atom is -0.472 e. The third-order valence-corrected chi connectivity index (χ3v) is 2.80. The predicted octanol–water partition coefficient (Wildman–Crippen LogP) is 1.28. The molecule has 1 aromatic heterocycles. The summed E-state index contributed by atoms with van der Waals surface area (Å²) in [6.45, 7) is 1.52. The molecule has 0 atom stereocenters. The Morgan fingerprint density at radius 3 is 3.15 bits per heavy atom. The van der Waals surface area contributed by atoms with Crippen LogP contribution in [-0.4, -0.2) is 18.3 Å². The standard InChI is InChI=1S/C8H7NO3S/c1-4(10)6-2-5-8(13-6)12-3-7(11)9-5/h2H,3H2,1H3,(H,9,11). The quantitative estimate of drug-likeness (QED) is 0.690. The number of anilines is 1. The van der Waals surface area contributed by atoms with Crippen LogP contribution in [0.1, 0.15) is 16.6 Å². The molecule has 1 aliphatic heterocycles. The number of nitrogens with one attached hydrogen (secondary N) is 1. The molecule has 1 amide bonds. The van der Waals surface area contributed by atoms with Gasteiger partial charge < -0.3 is 10.1 Å². The number of ether oxygens (including phenoxy) is 1. The second-order valence-corrected chi connectivity index (χ2v) is 3.72. The number of hydrogen-bond acceptors (Lipinski definition) is 4. The molecular formula is C8H7NO3S. The van der Waals surface area contributed by atoms with E-state index in [1.807, 2.05) is 0 Å². The maximum absolute atomic E-state index is 11.0. The van der Waals surface area contributed by atoms with Crippen molar-refractivity contribution in [1.29, 1.82) is 0 Å². The number of hydrogen-bond donors (Lipinski definition) is 1. The number of rotatable bonds is 1. The van der Waals surface area contributed by atoms with E-state index in [9.17, 15) is 9.59 Å². The molecule has 5 heteroatoms. The highest BCUT2D eigenvalue weighted by molar-refractivity contribution is 7.16. The summed E-state index contributed by atoms with van der Waals surface area (Å²) >= 11 is 1.26. The molecule has 0 aromatic carbocycles. The Hall–Kier alpha value is -1.36. The van der Waals surface area contributed by atoms with E-state index in [2.05, 4.69) is 5.32 Å². The summed E-state index contributed by atoms with van der Waals surface area (Å²) in [7, 11) is 0. The van der Waals surface area contributed by atoms with Crippen molar-refractivity contribution in [1.82, 2.24) is 0 Å². The molecule has 1 aromatic rings. The van der Waals surface area contributed by atoms with Crippen LogP contribution >= 0.6 is 11.3 Å². The van der Waals surface area contributed by atoms with Crippen molar-refractivity contribution in [3.05, 3.63) is 10.9 Å². The van der Waals surface area contributed by atoms with E-state index < -0.39 is 0 Å². The molecule has 1 N–H and O–H groups in total. The first-order valence-electron chi connectivity index (χ1n) is 3.74. The lowest BCUT2D eigenvalue weighted by Gasteiger charge is -2.12.